The van der Waals surface area contributed by atoms with Gasteiger partial charge in [-0.2, -0.15) is 0 Å². The minimum absolute atomic E-state index is 0.0192. The van der Waals surface area contributed by atoms with Crippen LogP contribution in [0.25, 0.3) is 0 Å². The summed E-state index contributed by atoms with van der Waals surface area (Å²) < 4.78 is 31.7. The smallest absolute Gasteiger partial charge is 0.251 e. The number of carbonyl (C=O) groups is 2. The lowest BCUT2D eigenvalue weighted by molar-refractivity contribution is -0.131. The van der Waals surface area contributed by atoms with Gasteiger partial charge in [-0.05, 0) is 31.4 Å². The molecule has 126 valence electrons. The van der Waals surface area contributed by atoms with Gasteiger partial charge >= 0.3 is 0 Å². The van der Waals surface area contributed by atoms with Crippen molar-refractivity contribution in [2.24, 2.45) is 0 Å². The number of carbonyl (C=O) groups excluding carboxylic acids is 2. The summed E-state index contributed by atoms with van der Waals surface area (Å²) in [5, 5.41) is 2.37. The molecule has 2 amide bonds. The van der Waals surface area contributed by atoms with Gasteiger partial charge in [-0.25, -0.2) is 8.78 Å². The lowest BCUT2D eigenvalue weighted by atomic mass is 10.1. The molecule has 1 atom stereocenters. The van der Waals surface area contributed by atoms with E-state index in [9.17, 15) is 18.4 Å². The van der Waals surface area contributed by atoms with Crippen LogP contribution in [0.3, 0.4) is 0 Å². The molecule has 0 radical (unpaired) electrons. The summed E-state index contributed by atoms with van der Waals surface area (Å²) in [6, 6.07) is 2.52. The molecule has 1 aliphatic heterocycles. The van der Waals surface area contributed by atoms with Gasteiger partial charge in [0.2, 0.25) is 5.91 Å². The third-order valence-electron chi connectivity index (χ3n) is 3.70. The van der Waals surface area contributed by atoms with Crippen LogP contribution in [0.2, 0.25) is 0 Å². The van der Waals surface area contributed by atoms with Gasteiger partial charge in [0.05, 0.1) is 12.6 Å². The molecule has 7 heteroatoms. The molecule has 1 N–H and O–H groups in total. The Morgan fingerprint density at radius 1 is 1.26 bits per heavy atom. The van der Waals surface area contributed by atoms with E-state index in [1.807, 2.05) is 0 Å². The van der Waals surface area contributed by atoms with Gasteiger partial charge in [0.15, 0.2) is 0 Å². The van der Waals surface area contributed by atoms with Crippen LogP contribution in [0.15, 0.2) is 18.2 Å². The topological polar surface area (TPSA) is 58.6 Å². The largest absolute Gasteiger partial charge is 0.376 e. The molecule has 1 aliphatic rings. The molecular formula is C16H20F2N2O3. The van der Waals surface area contributed by atoms with Crippen LogP contribution < -0.4 is 5.32 Å². The Hall–Kier alpha value is -2.02. The van der Waals surface area contributed by atoms with Crippen molar-refractivity contribution in [3.05, 3.63) is 35.4 Å². The molecule has 0 bridgehead atoms. The predicted molar refractivity (Wildman–Crippen MR) is 79.9 cm³/mol. The van der Waals surface area contributed by atoms with Gasteiger partial charge in [-0.15, -0.1) is 0 Å². The number of halogens is 2. The summed E-state index contributed by atoms with van der Waals surface area (Å²) in [4.78, 5) is 25.3. The van der Waals surface area contributed by atoms with E-state index < -0.39 is 17.5 Å². The molecule has 1 saturated heterocycles. The zero-order chi connectivity index (χ0) is 16.8. The number of ether oxygens (including phenoxy) is 1. The molecule has 0 spiro atoms. The molecule has 1 aromatic rings. The fraction of sp³-hybridized carbons (Fsp3) is 0.500. The highest BCUT2D eigenvalue weighted by molar-refractivity contribution is 5.96. The maximum atomic E-state index is 13.1. The third-order valence-corrected chi connectivity index (χ3v) is 3.70. The van der Waals surface area contributed by atoms with E-state index in [-0.39, 0.29) is 24.1 Å². The van der Waals surface area contributed by atoms with Crippen LogP contribution >= 0.6 is 0 Å². The van der Waals surface area contributed by atoms with Gasteiger partial charge in [-0.3, -0.25) is 9.59 Å². The Bertz CT molecular complexity index is 554. The average molecular weight is 326 g/mol. The maximum absolute atomic E-state index is 13.1. The fourth-order valence-corrected chi connectivity index (χ4v) is 2.44. The van der Waals surface area contributed by atoms with Crippen molar-refractivity contribution in [3.63, 3.8) is 0 Å². The lowest BCUT2D eigenvalue weighted by Gasteiger charge is -2.27. The standard InChI is InChI=1S/C16H20F2N2O3/c1-20(10-14-4-2-3-5-23-14)15(21)9-19-16(22)11-6-12(17)8-13(18)7-11/h6-8,14H,2-5,9-10H2,1H3,(H,19,22). The summed E-state index contributed by atoms with van der Waals surface area (Å²) in [5.74, 6) is -2.66. The van der Waals surface area contributed by atoms with Crippen molar-refractivity contribution in [2.75, 3.05) is 26.7 Å². The number of hydrogen-bond donors (Lipinski definition) is 1. The highest BCUT2D eigenvalue weighted by Gasteiger charge is 2.19. The molecule has 1 heterocycles. The maximum Gasteiger partial charge on any atom is 0.251 e. The normalized spacial score (nSPS) is 17.6. The van der Waals surface area contributed by atoms with E-state index in [0.717, 1.165) is 31.4 Å². The van der Waals surface area contributed by atoms with Crippen LogP contribution in [0.4, 0.5) is 8.78 Å². The predicted octanol–water partition coefficient (Wildman–Crippen LogP) is 1.72. The van der Waals surface area contributed by atoms with Crippen molar-refractivity contribution in [1.29, 1.82) is 0 Å². The van der Waals surface area contributed by atoms with Crippen LogP contribution in [-0.2, 0) is 9.53 Å². The van der Waals surface area contributed by atoms with Crippen molar-refractivity contribution in [1.82, 2.24) is 10.2 Å². The Kier molecular flexibility index (Phi) is 6.04. The molecule has 0 aliphatic carbocycles. The summed E-state index contributed by atoms with van der Waals surface area (Å²) >= 11 is 0. The van der Waals surface area contributed by atoms with E-state index in [2.05, 4.69) is 5.32 Å². The number of amides is 2. The van der Waals surface area contributed by atoms with Gasteiger partial charge < -0.3 is 15.0 Å². The van der Waals surface area contributed by atoms with E-state index in [1.54, 1.807) is 7.05 Å². The molecule has 5 nitrogen and oxygen atoms in total. The van der Waals surface area contributed by atoms with Crippen molar-refractivity contribution in [3.8, 4) is 0 Å². The Morgan fingerprint density at radius 2 is 1.96 bits per heavy atom. The first kappa shape index (κ1) is 17.3. The highest BCUT2D eigenvalue weighted by Crippen LogP contribution is 2.13. The highest BCUT2D eigenvalue weighted by atomic mass is 19.1. The summed E-state index contributed by atoms with van der Waals surface area (Å²) in [7, 11) is 1.63. The van der Waals surface area contributed by atoms with Gasteiger partial charge in [0, 0.05) is 31.8 Å². The SMILES string of the molecule is CN(CC1CCCCO1)C(=O)CNC(=O)c1cc(F)cc(F)c1. The first-order valence-corrected chi connectivity index (χ1v) is 7.55. The first-order chi connectivity index (χ1) is 11.0. The first-order valence-electron chi connectivity index (χ1n) is 7.55. The molecule has 2 rings (SSSR count). The van der Waals surface area contributed by atoms with Crippen molar-refractivity contribution in [2.45, 2.75) is 25.4 Å². The minimum Gasteiger partial charge on any atom is -0.376 e. The van der Waals surface area contributed by atoms with E-state index in [0.29, 0.717) is 19.2 Å². The molecule has 23 heavy (non-hydrogen) atoms. The molecule has 1 aromatic carbocycles. The van der Waals surface area contributed by atoms with Crippen LogP contribution in [0.1, 0.15) is 29.6 Å². The van der Waals surface area contributed by atoms with Crippen molar-refractivity contribution >= 4 is 11.8 Å². The van der Waals surface area contributed by atoms with E-state index in [1.165, 1.54) is 4.90 Å². The monoisotopic (exact) mass is 326 g/mol. The second kappa shape index (κ2) is 8.01. The lowest BCUT2D eigenvalue weighted by Crippen LogP contribution is -2.42. The zero-order valence-corrected chi connectivity index (χ0v) is 13.0. The number of nitrogens with zero attached hydrogens (tertiary/aromatic N) is 1. The van der Waals surface area contributed by atoms with Crippen molar-refractivity contribution < 1.29 is 23.1 Å². The van der Waals surface area contributed by atoms with Gasteiger partial charge in [-0.1, -0.05) is 0 Å². The average Bonchev–Trinajstić information content (AvgIpc) is 2.52. The molecule has 0 aromatic heterocycles. The molecule has 1 fully saturated rings. The summed E-state index contributed by atoms with van der Waals surface area (Å²) in [6.45, 7) is 0.929. The fourth-order valence-electron chi connectivity index (χ4n) is 2.44. The Morgan fingerprint density at radius 3 is 2.57 bits per heavy atom. The van der Waals surface area contributed by atoms with E-state index >= 15 is 0 Å². The van der Waals surface area contributed by atoms with Gasteiger partial charge in [0.1, 0.15) is 11.6 Å². The summed E-state index contributed by atoms with van der Waals surface area (Å²) in [6.07, 6.45) is 3.04. The number of nitrogens with one attached hydrogen (secondary N) is 1. The Balaban J connectivity index is 1.81. The van der Waals surface area contributed by atoms with Crippen LogP contribution in [0, 0.1) is 11.6 Å². The molecule has 1 unspecified atom stereocenters. The second-order valence-corrected chi connectivity index (χ2v) is 5.60. The second-order valence-electron chi connectivity index (χ2n) is 5.60. The third kappa shape index (κ3) is 5.28. The number of hydrogen-bond acceptors (Lipinski definition) is 3. The number of likely N-dealkylation sites (N-methyl/N-ethyl adjacent to an activating group) is 1. The number of rotatable bonds is 5. The van der Waals surface area contributed by atoms with Crippen LogP contribution in [0.5, 0.6) is 0 Å². The summed E-state index contributed by atoms with van der Waals surface area (Å²) in [5.41, 5.74) is -0.159. The molecule has 0 saturated carbocycles. The van der Waals surface area contributed by atoms with E-state index in [4.69, 9.17) is 4.74 Å². The molecular weight excluding hydrogens is 306 g/mol. The van der Waals surface area contributed by atoms with Gasteiger partial charge in [0.25, 0.3) is 5.91 Å². The quantitative estimate of drug-likeness (QED) is 0.896. The number of benzene rings is 1. The zero-order valence-electron chi connectivity index (χ0n) is 13.0. The Labute approximate surface area is 133 Å². The minimum atomic E-state index is -0.840. The van der Waals surface area contributed by atoms with Crippen LogP contribution in [-0.4, -0.2) is 49.6 Å².